The molecule has 11 heteroatoms. The first-order valence-electron chi connectivity index (χ1n) is 10.1. The Morgan fingerprint density at radius 2 is 2.10 bits per heavy atom. The minimum atomic E-state index is -1.11. The number of nitrogens with zero attached hydrogens (tertiary/aromatic N) is 7. The van der Waals surface area contributed by atoms with Gasteiger partial charge in [-0.3, -0.25) is 4.21 Å². The molecule has 0 aromatic carbocycles. The predicted octanol–water partition coefficient (Wildman–Crippen LogP) is 1.44. The quantitative estimate of drug-likeness (QED) is 0.397. The number of hydrogen-bond acceptors (Lipinski definition) is 8. The first kappa shape index (κ1) is 20.0. The Balaban J connectivity index is 1.42. The van der Waals surface area contributed by atoms with E-state index in [9.17, 15) is 4.21 Å². The zero-order valence-electron chi connectivity index (χ0n) is 17.2. The van der Waals surface area contributed by atoms with Crippen LogP contribution in [0.1, 0.15) is 6.42 Å². The molecule has 0 radical (unpaired) electrons. The van der Waals surface area contributed by atoms with Crippen LogP contribution < -0.4 is 4.90 Å². The van der Waals surface area contributed by atoms with Gasteiger partial charge in [0.1, 0.15) is 0 Å². The molecule has 31 heavy (non-hydrogen) atoms. The van der Waals surface area contributed by atoms with Crippen molar-refractivity contribution in [1.29, 1.82) is 0 Å². The molecule has 5 rings (SSSR count). The zero-order chi connectivity index (χ0) is 21.2. The van der Waals surface area contributed by atoms with Crippen LogP contribution in [0, 0.1) is 0 Å². The molecule has 0 saturated carbocycles. The average molecular weight is 442 g/mol. The van der Waals surface area contributed by atoms with E-state index in [0.29, 0.717) is 42.1 Å². The molecule has 10 nitrogen and oxygen atoms in total. The summed E-state index contributed by atoms with van der Waals surface area (Å²) in [5.74, 6) is 1.24. The lowest BCUT2D eigenvalue weighted by molar-refractivity contribution is 0.122. The van der Waals surface area contributed by atoms with Crippen molar-refractivity contribution in [1.82, 2.24) is 29.4 Å². The van der Waals surface area contributed by atoms with Gasteiger partial charge in [-0.25, -0.2) is 14.2 Å². The average Bonchev–Trinajstić information content (AvgIpc) is 3.43. The van der Waals surface area contributed by atoms with Gasteiger partial charge in [-0.15, -0.1) is 5.10 Å². The summed E-state index contributed by atoms with van der Waals surface area (Å²) >= 11 is 0. The van der Waals surface area contributed by atoms with E-state index in [1.54, 1.807) is 28.7 Å². The second-order valence-electron chi connectivity index (χ2n) is 7.24. The van der Waals surface area contributed by atoms with Crippen molar-refractivity contribution in [3.8, 4) is 5.69 Å². The SMILES string of the molecule is COCCC[S@](=O)c1cnc2c(cnn2-c2ccc3nc(N4CCOCC4)nn3c2)c1. The number of pyridine rings is 2. The van der Waals surface area contributed by atoms with E-state index in [1.807, 2.05) is 24.4 Å². The lowest BCUT2D eigenvalue weighted by atomic mass is 10.3. The highest BCUT2D eigenvalue weighted by Gasteiger charge is 2.17. The molecule has 162 valence electrons. The Hall–Kier alpha value is -2.89. The highest BCUT2D eigenvalue weighted by Crippen LogP contribution is 2.20. The highest BCUT2D eigenvalue weighted by atomic mass is 32.2. The Bertz CT molecular complexity index is 1230. The van der Waals surface area contributed by atoms with Crippen molar-refractivity contribution in [2.45, 2.75) is 11.3 Å². The molecule has 4 aromatic heterocycles. The van der Waals surface area contributed by atoms with Crippen LogP contribution in [0.4, 0.5) is 5.95 Å². The van der Waals surface area contributed by atoms with Gasteiger partial charge in [-0.05, 0) is 24.6 Å². The van der Waals surface area contributed by atoms with E-state index in [-0.39, 0.29) is 0 Å². The van der Waals surface area contributed by atoms with Crippen LogP contribution in [0.5, 0.6) is 0 Å². The van der Waals surface area contributed by atoms with Crippen LogP contribution in [0.3, 0.4) is 0 Å². The highest BCUT2D eigenvalue weighted by molar-refractivity contribution is 7.85. The van der Waals surface area contributed by atoms with Gasteiger partial charge >= 0.3 is 0 Å². The van der Waals surface area contributed by atoms with Crippen molar-refractivity contribution in [2.24, 2.45) is 0 Å². The first-order chi connectivity index (χ1) is 15.2. The van der Waals surface area contributed by atoms with Gasteiger partial charge in [0, 0.05) is 44.1 Å². The normalized spacial score (nSPS) is 15.7. The number of anilines is 1. The van der Waals surface area contributed by atoms with E-state index in [4.69, 9.17) is 9.47 Å². The number of ether oxygens (including phenoxy) is 2. The molecule has 0 bridgehead atoms. The summed E-state index contributed by atoms with van der Waals surface area (Å²) in [5, 5.41) is 9.95. The van der Waals surface area contributed by atoms with Gasteiger partial charge in [0.05, 0.1) is 47.0 Å². The first-order valence-corrected chi connectivity index (χ1v) is 11.5. The zero-order valence-corrected chi connectivity index (χ0v) is 18.0. The molecule has 0 amide bonds. The molecule has 0 unspecified atom stereocenters. The molecule has 1 atom stereocenters. The molecule has 1 aliphatic rings. The molecular weight excluding hydrogens is 418 g/mol. The van der Waals surface area contributed by atoms with Crippen molar-refractivity contribution in [3.05, 3.63) is 36.8 Å². The topological polar surface area (TPSA) is 99.7 Å². The van der Waals surface area contributed by atoms with Gasteiger partial charge in [-0.2, -0.15) is 10.1 Å². The van der Waals surface area contributed by atoms with Gasteiger partial charge in [-0.1, -0.05) is 0 Å². The molecule has 0 aliphatic carbocycles. The number of morpholine rings is 1. The second-order valence-corrected chi connectivity index (χ2v) is 8.81. The fourth-order valence-electron chi connectivity index (χ4n) is 3.55. The maximum absolute atomic E-state index is 12.5. The number of hydrogen-bond donors (Lipinski definition) is 0. The number of fused-ring (bicyclic) bond motifs is 2. The van der Waals surface area contributed by atoms with Crippen LogP contribution in [-0.4, -0.2) is 79.3 Å². The summed E-state index contributed by atoms with van der Waals surface area (Å²) < 4.78 is 26.4. The van der Waals surface area contributed by atoms with Crippen molar-refractivity contribution < 1.29 is 13.7 Å². The van der Waals surface area contributed by atoms with Crippen LogP contribution in [0.2, 0.25) is 0 Å². The molecule has 1 aliphatic heterocycles. The predicted molar refractivity (Wildman–Crippen MR) is 116 cm³/mol. The van der Waals surface area contributed by atoms with E-state index >= 15 is 0 Å². The Kier molecular flexibility index (Phi) is 5.62. The third kappa shape index (κ3) is 4.03. The molecule has 1 saturated heterocycles. The lowest BCUT2D eigenvalue weighted by Gasteiger charge is -2.25. The second kappa shape index (κ2) is 8.69. The molecule has 5 heterocycles. The standard InChI is InChI=1S/C20H23N7O3S/c1-29-7-2-10-31(28)17-11-15-12-22-27(19(15)21-13-17)16-3-4-18-23-20(24-26(18)14-16)25-5-8-30-9-6-25/h3-4,11-14H,2,5-10H2,1H3/t31-/m0/s1. The maximum Gasteiger partial charge on any atom is 0.245 e. The number of aromatic nitrogens is 6. The minimum Gasteiger partial charge on any atom is -0.385 e. The van der Waals surface area contributed by atoms with E-state index in [0.717, 1.165) is 36.2 Å². The van der Waals surface area contributed by atoms with Crippen molar-refractivity contribution in [3.63, 3.8) is 0 Å². The maximum atomic E-state index is 12.5. The molecule has 0 N–H and O–H groups in total. The third-order valence-corrected chi connectivity index (χ3v) is 6.58. The summed E-state index contributed by atoms with van der Waals surface area (Å²) in [6.07, 6.45) is 6.03. The molecular formula is C20H23N7O3S. The molecule has 4 aromatic rings. The Morgan fingerprint density at radius 1 is 1.23 bits per heavy atom. The lowest BCUT2D eigenvalue weighted by Crippen LogP contribution is -2.36. The fraction of sp³-hybridized carbons (Fsp3) is 0.400. The van der Waals surface area contributed by atoms with Crippen LogP contribution in [0.15, 0.2) is 41.7 Å². The third-order valence-electron chi connectivity index (χ3n) is 5.17. The largest absolute Gasteiger partial charge is 0.385 e. The summed E-state index contributed by atoms with van der Waals surface area (Å²) in [4.78, 5) is 12.0. The van der Waals surface area contributed by atoms with Crippen LogP contribution in [-0.2, 0) is 20.3 Å². The van der Waals surface area contributed by atoms with Crippen LogP contribution >= 0.6 is 0 Å². The fourth-order valence-corrected chi connectivity index (χ4v) is 4.59. The summed E-state index contributed by atoms with van der Waals surface area (Å²) in [5.41, 5.74) is 2.29. The van der Waals surface area contributed by atoms with Crippen molar-refractivity contribution >= 4 is 33.4 Å². The van der Waals surface area contributed by atoms with E-state index < -0.39 is 10.8 Å². The number of methoxy groups -OCH3 is 1. The van der Waals surface area contributed by atoms with E-state index in [1.165, 1.54) is 0 Å². The minimum absolute atomic E-state index is 0.545. The Morgan fingerprint density at radius 3 is 2.94 bits per heavy atom. The molecule has 0 spiro atoms. The van der Waals surface area contributed by atoms with Gasteiger partial charge < -0.3 is 14.4 Å². The summed E-state index contributed by atoms with van der Waals surface area (Å²) in [7, 11) is 0.534. The summed E-state index contributed by atoms with van der Waals surface area (Å²) in [6.45, 7) is 3.53. The monoisotopic (exact) mass is 441 g/mol. The Labute approximate surface area is 181 Å². The smallest absolute Gasteiger partial charge is 0.245 e. The molecule has 1 fully saturated rings. The van der Waals surface area contributed by atoms with Gasteiger partial charge in [0.15, 0.2) is 11.3 Å². The van der Waals surface area contributed by atoms with E-state index in [2.05, 4.69) is 25.1 Å². The van der Waals surface area contributed by atoms with Crippen LogP contribution in [0.25, 0.3) is 22.4 Å². The van der Waals surface area contributed by atoms with Gasteiger partial charge in [0.25, 0.3) is 0 Å². The number of rotatable bonds is 7. The van der Waals surface area contributed by atoms with Crippen molar-refractivity contribution in [2.75, 3.05) is 50.7 Å². The van der Waals surface area contributed by atoms with Gasteiger partial charge in [0.2, 0.25) is 5.95 Å². The summed E-state index contributed by atoms with van der Waals surface area (Å²) in [6, 6.07) is 5.75.